The molecule has 0 radical (unpaired) electrons. The number of amides is 3. The van der Waals surface area contributed by atoms with Gasteiger partial charge in [-0.15, -0.1) is 0 Å². The SMILES string of the molecule is COC(=O)[C@@H]([C@H](C)O)N1C(=O)[C@@H](N2C(=O)c3ccccc3C2=O)[C@H]1[C@@H]1COC(C)(C)O1. The summed E-state index contributed by atoms with van der Waals surface area (Å²) >= 11 is 0. The van der Waals surface area contributed by atoms with Crippen LogP contribution in [0.1, 0.15) is 41.5 Å². The molecule has 31 heavy (non-hydrogen) atoms. The highest BCUT2D eigenvalue weighted by atomic mass is 16.7. The first-order chi connectivity index (χ1) is 14.6. The number of esters is 1. The van der Waals surface area contributed by atoms with Crippen LogP contribution in [0.5, 0.6) is 0 Å². The van der Waals surface area contributed by atoms with Crippen molar-refractivity contribution in [3.63, 3.8) is 0 Å². The summed E-state index contributed by atoms with van der Waals surface area (Å²) < 4.78 is 16.3. The standard InChI is InChI=1S/C21H24N2O8/c1-10(24)14(20(28)29-4)22-15(13-9-30-21(2,3)31-13)16(19(22)27)23-17(25)11-7-5-6-8-12(11)18(23)26/h5-8,10,13-16,24H,9H2,1-4H3/t10-,13-,14+,15+,16-/m0/s1. The molecule has 0 spiro atoms. The summed E-state index contributed by atoms with van der Waals surface area (Å²) in [5.74, 6) is -3.59. The average Bonchev–Trinajstić information content (AvgIpc) is 3.20. The molecule has 1 N–H and O–H groups in total. The molecule has 3 aliphatic heterocycles. The summed E-state index contributed by atoms with van der Waals surface area (Å²) in [6.07, 6.45) is -1.98. The number of nitrogens with zero attached hydrogens (tertiary/aromatic N) is 2. The first kappa shape index (κ1) is 21.4. The van der Waals surface area contributed by atoms with E-state index in [4.69, 9.17) is 14.2 Å². The van der Waals surface area contributed by atoms with Gasteiger partial charge < -0.3 is 24.2 Å². The minimum atomic E-state index is -1.32. The molecule has 0 aromatic heterocycles. The maximum absolute atomic E-state index is 13.3. The number of methoxy groups -OCH3 is 1. The average molecular weight is 432 g/mol. The lowest BCUT2D eigenvalue weighted by Crippen LogP contribution is -2.79. The number of β-lactam (4-membered cyclic amide) rings is 1. The Morgan fingerprint density at radius 1 is 1.19 bits per heavy atom. The van der Waals surface area contributed by atoms with Crippen molar-refractivity contribution in [3.8, 4) is 0 Å². The Morgan fingerprint density at radius 3 is 2.23 bits per heavy atom. The van der Waals surface area contributed by atoms with Crippen LogP contribution in [0.2, 0.25) is 0 Å². The van der Waals surface area contributed by atoms with E-state index in [0.29, 0.717) is 0 Å². The van der Waals surface area contributed by atoms with E-state index in [-0.39, 0.29) is 17.7 Å². The van der Waals surface area contributed by atoms with Gasteiger partial charge in [0, 0.05) is 0 Å². The minimum absolute atomic E-state index is 0.0782. The molecule has 5 atom stereocenters. The van der Waals surface area contributed by atoms with E-state index in [0.717, 1.165) is 16.9 Å². The zero-order chi connectivity index (χ0) is 22.7. The number of likely N-dealkylation sites (tertiary alicyclic amines) is 1. The Morgan fingerprint density at radius 2 is 1.77 bits per heavy atom. The highest BCUT2D eigenvalue weighted by Crippen LogP contribution is 2.40. The molecule has 10 nitrogen and oxygen atoms in total. The first-order valence-corrected chi connectivity index (χ1v) is 9.96. The summed E-state index contributed by atoms with van der Waals surface area (Å²) in [6, 6.07) is 2.92. The molecule has 1 aromatic rings. The van der Waals surface area contributed by atoms with Gasteiger partial charge in [-0.05, 0) is 32.9 Å². The van der Waals surface area contributed by atoms with Crippen LogP contribution in [0.15, 0.2) is 24.3 Å². The number of carbonyl (C=O) groups is 4. The largest absolute Gasteiger partial charge is 0.467 e. The Bertz CT molecular complexity index is 923. The van der Waals surface area contributed by atoms with Crippen molar-refractivity contribution < 1.29 is 38.5 Å². The first-order valence-electron chi connectivity index (χ1n) is 9.96. The molecule has 166 valence electrons. The Balaban J connectivity index is 1.73. The van der Waals surface area contributed by atoms with Crippen molar-refractivity contribution in [1.82, 2.24) is 9.80 Å². The summed E-state index contributed by atoms with van der Waals surface area (Å²) in [5.41, 5.74) is 0.419. The second kappa shape index (κ2) is 7.40. The van der Waals surface area contributed by atoms with Gasteiger partial charge in [-0.2, -0.15) is 0 Å². The smallest absolute Gasteiger partial charge is 0.331 e. The molecular weight excluding hydrogens is 408 g/mol. The predicted octanol–water partition coefficient (Wildman–Crippen LogP) is -0.0641. The number of aliphatic hydroxyl groups is 1. The van der Waals surface area contributed by atoms with Crippen LogP contribution < -0.4 is 0 Å². The van der Waals surface area contributed by atoms with Crippen molar-refractivity contribution in [1.29, 1.82) is 0 Å². The molecular formula is C21H24N2O8. The van der Waals surface area contributed by atoms with E-state index < -0.39 is 59.8 Å². The molecule has 4 rings (SSSR count). The third-order valence-electron chi connectivity index (χ3n) is 5.87. The van der Waals surface area contributed by atoms with E-state index in [9.17, 15) is 24.3 Å². The number of imide groups is 1. The quantitative estimate of drug-likeness (QED) is 0.390. The van der Waals surface area contributed by atoms with Gasteiger partial charge in [0.25, 0.3) is 11.8 Å². The monoisotopic (exact) mass is 432 g/mol. The van der Waals surface area contributed by atoms with Crippen molar-refractivity contribution in [2.45, 2.75) is 56.9 Å². The molecule has 3 amide bonds. The fourth-order valence-electron chi connectivity index (χ4n) is 4.49. The maximum atomic E-state index is 13.3. The lowest BCUT2D eigenvalue weighted by atomic mass is 9.85. The normalized spacial score (nSPS) is 28.9. The summed E-state index contributed by atoms with van der Waals surface area (Å²) in [7, 11) is 1.15. The van der Waals surface area contributed by atoms with Crippen LogP contribution in [0.25, 0.3) is 0 Å². The van der Waals surface area contributed by atoms with E-state index in [1.165, 1.54) is 19.1 Å². The van der Waals surface area contributed by atoms with E-state index in [1.54, 1.807) is 26.0 Å². The molecule has 3 aliphatic rings. The topological polar surface area (TPSA) is 123 Å². The van der Waals surface area contributed by atoms with Gasteiger partial charge >= 0.3 is 5.97 Å². The van der Waals surface area contributed by atoms with Crippen molar-refractivity contribution in [3.05, 3.63) is 35.4 Å². The number of carbonyl (C=O) groups excluding carboxylic acids is 4. The molecule has 2 fully saturated rings. The highest BCUT2D eigenvalue weighted by molar-refractivity contribution is 6.23. The fourth-order valence-corrected chi connectivity index (χ4v) is 4.49. The number of ether oxygens (including phenoxy) is 3. The predicted molar refractivity (Wildman–Crippen MR) is 104 cm³/mol. The lowest BCUT2D eigenvalue weighted by molar-refractivity contribution is -0.192. The number of aliphatic hydroxyl groups excluding tert-OH is 1. The van der Waals surface area contributed by atoms with Crippen LogP contribution in [-0.4, -0.2) is 88.4 Å². The molecule has 0 aliphatic carbocycles. The van der Waals surface area contributed by atoms with E-state index >= 15 is 0 Å². The van der Waals surface area contributed by atoms with E-state index in [2.05, 4.69) is 0 Å². The zero-order valence-electron chi connectivity index (χ0n) is 17.6. The zero-order valence-corrected chi connectivity index (χ0v) is 17.6. The summed E-state index contributed by atoms with van der Waals surface area (Å²) in [6.45, 7) is 4.83. The molecule has 0 unspecified atom stereocenters. The molecule has 0 saturated carbocycles. The Labute approximate surface area is 178 Å². The molecule has 3 heterocycles. The summed E-state index contributed by atoms with van der Waals surface area (Å²) in [5, 5.41) is 10.2. The lowest BCUT2D eigenvalue weighted by Gasteiger charge is -2.54. The Hall–Kier alpha value is -2.82. The van der Waals surface area contributed by atoms with Crippen molar-refractivity contribution in [2.24, 2.45) is 0 Å². The van der Waals surface area contributed by atoms with Gasteiger partial charge in [-0.25, -0.2) is 4.79 Å². The molecule has 0 bridgehead atoms. The van der Waals surface area contributed by atoms with Gasteiger partial charge in [0.05, 0.1) is 37.0 Å². The van der Waals surface area contributed by atoms with Crippen LogP contribution in [0.3, 0.4) is 0 Å². The van der Waals surface area contributed by atoms with Gasteiger partial charge in [0.1, 0.15) is 12.1 Å². The number of hydrogen-bond acceptors (Lipinski definition) is 8. The third-order valence-corrected chi connectivity index (χ3v) is 5.87. The number of fused-ring (bicyclic) bond motifs is 1. The van der Waals surface area contributed by atoms with Crippen LogP contribution in [0.4, 0.5) is 0 Å². The second-order valence-corrected chi connectivity index (χ2v) is 8.28. The van der Waals surface area contributed by atoms with Gasteiger partial charge in [0.2, 0.25) is 5.91 Å². The van der Waals surface area contributed by atoms with Crippen LogP contribution in [-0.2, 0) is 23.8 Å². The number of benzene rings is 1. The van der Waals surface area contributed by atoms with E-state index in [1.807, 2.05) is 0 Å². The van der Waals surface area contributed by atoms with Gasteiger partial charge in [-0.1, -0.05) is 12.1 Å². The molecule has 10 heteroatoms. The highest BCUT2D eigenvalue weighted by Gasteiger charge is 2.63. The van der Waals surface area contributed by atoms with Gasteiger partial charge in [-0.3, -0.25) is 19.3 Å². The second-order valence-electron chi connectivity index (χ2n) is 8.28. The Kier molecular flexibility index (Phi) is 5.11. The van der Waals surface area contributed by atoms with Crippen LogP contribution >= 0.6 is 0 Å². The fraction of sp³-hybridized carbons (Fsp3) is 0.524. The minimum Gasteiger partial charge on any atom is -0.467 e. The number of hydrogen-bond donors (Lipinski definition) is 1. The molecule has 2 saturated heterocycles. The summed E-state index contributed by atoms with van der Waals surface area (Å²) in [4.78, 5) is 53.7. The van der Waals surface area contributed by atoms with Crippen LogP contribution in [0, 0.1) is 0 Å². The molecule has 1 aromatic carbocycles. The van der Waals surface area contributed by atoms with Crippen molar-refractivity contribution >= 4 is 23.7 Å². The van der Waals surface area contributed by atoms with Crippen molar-refractivity contribution in [2.75, 3.05) is 13.7 Å². The number of rotatable bonds is 5. The van der Waals surface area contributed by atoms with Gasteiger partial charge in [0.15, 0.2) is 11.8 Å². The maximum Gasteiger partial charge on any atom is 0.331 e. The third kappa shape index (κ3) is 3.22.